The number of hydrogen-bond donors (Lipinski definition) is 1. The minimum atomic E-state index is -3.63. The van der Waals surface area contributed by atoms with Crippen LogP contribution in [0.2, 0.25) is 0 Å². The standard InChI is InChI=1S/C21H21N3O5S/c25-21(22-12-14-5-6-17-18(11-14)29-13-28-17)15-7-9-24(10-8-15)20-16-3-1-2-4-19(16)30(26,27)23-20/h1-6,11,15H,7-10,12-13H2,(H,22,25). The van der Waals surface area contributed by atoms with Gasteiger partial charge in [0.15, 0.2) is 17.3 Å². The zero-order chi connectivity index (χ0) is 20.7. The first-order valence-electron chi connectivity index (χ1n) is 9.87. The summed E-state index contributed by atoms with van der Waals surface area (Å²) in [6, 6.07) is 12.5. The first kappa shape index (κ1) is 18.9. The number of amides is 1. The number of hydrogen-bond acceptors (Lipinski definition) is 6. The van der Waals surface area contributed by atoms with Gasteiger partial charge in [-0.25, -0.2) is 0 Å². The van der Waals surface area contributed by atoms with Gasteiger partial charge in [-0.3, -0.25) is 4.79 Å². The molecule has 0 saturated carbocycles. The monoisotopic (exact) mass is 427 g/mol. The molecular formula is C21H21N3O5S. The van der Waals surface area contributed by atoms with Gasteiger partial charge in [0.2, 0.25) is 12.7 Å². The average molecular weight is 427 g/mol. The normalized spacial score (nSPS) is 19.3. The first-order chi connectivity index (χ1) is 14.5. The molecule has 0 atom stereocenters. The van der Waals surface area contributed by atoms with E-state index in [1.54, 1.807) is 18.2 Å². The summed E-state index contributed by atoms with van der Waals surface area (Å²) in [4.78, 5) is 14.8. The van der Waals surface area contributed by atoms with Crippen molar-refractivity contribution >= 4 is 21.8 Å². The van der Waals surface area contributed by atoms with E-state index in [-0.39, 0.29) is 23.5 Å². The maximum atomic E-state index is 12.6. The number of piperidine rings is 1. The summed E-state index contributed by atoms with van der Waals surface area (Å²) in [5.74, 6) is 1.81. The van der Waals surface area contributed by atoms with Crippen molar-refractivity contribution in [2.75, 3.05) is 19.9 Å². The predicted octanol–water partition coefficient (Wildman–Crippen LogP) is 1.89. The van der Waals surface area contributed by atoms with Crippen molar-refractivity contribution in [3.63, 3.8) is 0 Å². The van der Waals surface area contributed by atoms with E-state index in [0.717, 1.165) is 11.3 Å². The van der Waals surface area contributed by atoms with Crippen LogP contribution in [0.1, 0.15) is 24.0 Å². The quantitative estimate of drug-likeness (QED) is 0.804. The van der Waals surface area contributed by atoms with Crippen LogP contribution in [0.4, 0.5) is 0 Å². The van der Waals surface area contributed by atoms with Crippen LogP contribution in [-0.2, 0) is 21.4 Å². The molecule has 3 aliphatic heterocycles. The largest absolute Gasteiger partial charge is 0.454 e. The highest BCUT2D eigenvalue weighted by molar-refractivity contribution is 7.90. The fraction of sp³-hybridized carbons (Fsp3) is 0.333. The van der Waals surface area contributed by atoms with E-state index in [4.69, 9.17) is 9.47 Å². The molecule has 0 aromatic heterocycles. The lowest BCUT2D eigenvalue weighted by Gasteiger charge is -2.32. The van der Waals surface area contributed by atoms with Crippen molar-refractivity contribution in [1.82, 2.24) is 10.2 Å². The molecule has 2 aromatic rings. The van der Waals surface area contributed by atoms with Gasteiger partial charge in [-0.05, 0) is 42.7 Å². The highest BCUT2D eigenvalue weighted by atomic mass is 32.2. The molecule has 3 aliphatic rings. The molecule has 156 valence electrons. The van der Waals surface area contributed by atoms with Gasteiger partial charge >= 0.3 is 0 Å². The van der Waals surface area contributed by atoms with Gasteiger partial charge in [0.05, 0.1) is 0 Å². The molecule has 1 amide bonds. The summed E-state index contributed by atoms with van der Waals surface area (Å²) in [6.07, 6.45) is 1.29. The minimum Gasteiger partial charge on any atom is -0.454 e. The Morgan fingerprint density at radius 3 is 2.70 bits per heavy atom. The Morgan fingerprint density at radius 2 is 1.87 bits per heavy atom. The van der Waals surface area contributed by atoms with Crippen LogP contribution in [0.25, 0.3) is 0 Å². The maximum absolute atomic E-state index is 12.6. The summed E-state index contributed by atoms with van der Waals surface area (Å²) < 4.78 is 39.2. The van der Waals surface area contributed by atoms with Crippen molar-refractivity contribution in [2.24, 2.45) is 10.3 Å². The van der Waals surface area contributed by atoms with Gasteiger partial charge in [-0.1, -0.05) is 18.2 Å². The molecule has 3 heterocycles. The fourth-order valence-corrected chi connectivity index (χ4v) is 5.28. The molecule has 9 heteroatoms. The lowest BCUT2D eigenvalue weighted by atomic mass is 9.95. The maximum Gasteiger partial charge on any atom is 0.285 e. The van der Waals surface area contributed by atoms with E-state index in [9.17, 15) is 13.2 Å². The second kappa shape index (κ2) is 7.32. The Kier molecular flexibility index (Phi) is 4.62. The topological polar surface area (TPSA) is 97.3 Å². The summed E-state index contributed by atoms with van der Waals surface area (Å²) in [6.45, 7) is 1.82. The Morgan fingerprint density at radius 1 is 1.10 bits per heavy atom. The number of rotatable bonds is 3. The third kappa shape index (κ3) is 3.39. The molecule has 2 aromatic carbocycles. The van der Waals surface area contributed by atoms with E-state index in [1.807, 2.05) is 29.2 Å². The molecule has 5 rings (SSSR count). The van der Waals surface area contributed by atoms with Gasteiger partial charge in [0.25, 0.3) is 10.0 Å². The van der Waals surface area contributed by atoms with Gasteiger partial charge in [-0.15, -0.1) is 4.40 Å². The molecule has 0 aliphatic carbocycles. The first-order valence-corrected chi connectivity index (χ1v) is 11.3. The summed E-state index contributed by atoms with van der Waals surface area (Å²) in [5, 5.41) is 2.99. The molecule has 0 spiro atoms. The van der Waals surface area contributed by atoms with Crippen LogP contribution in [0.5, 0.6) is 11.5 Å². The highest BCUT2D eigenvalue weighted by Crippen LogP contribution is 2.33. The molecule has 1 N–H and O–H groups in total. The number of nitrogens with zero attached hydrogens (tertiary/aromatic N) is 2. The number of sulfonamides is 1. The Bertz CT molecular complexity index is 1140. The van der Waals surface area contributed by atoms with Gasteiger partial charge in [0, 0.05) is 31.1 Å². The Hall–Kier alpha value is -3.07. The minimum absolute atomic E-state index is 0.00805. The summed E-state index contributed by atoms with van der Waals surface area (Å²) in [5.41, 5.74) is 1.59. The number of carbonyl (C=O) groups is 1. The Labute approximate surface area is 174 Å². The molecular weight excluding hydrogens is 406 g/mol. The zero-order valence-electron chi connectivity index (χ0n) is 16.2. The number of benzene rings is 2. The van der Waals surface area contributed by atoms with Crippen molar-refractivity contribution in [3.8, 4) is 11.5 Å². The van der Waals surface area contributed by atoms with Crippen LogP contribution >= 0.6 is 0 Å². The van der Waals surface area contributed by atoms with E-state index in [2.05, 4.69) is 9.71 Å². The third-order valence-electron chi connectivity index (χ3n) is 5.68. The van der Waals surface area contributed by atoms with Crippen molar-refractivity contribution in [3.05, 3.63) is 53.6 Å². The Balaban J connectivity index is 1.19. The number of ether oxygens (including phenoxy) is 2. The number of fused-ring (bicyclic) bond motifs is 2. The lowest BCUT2D eigenvalue weighted by Crippen LogP contribution is -2.42. The number of amidine groups is 1. The van der Waals surface area contributed by atoms with Gasteiger partial charge in [0.1, 0.15) is 4.90 Å². The van der Waals surface area contributed by atoms with E-state index in [0.29, 0.717) is 49.6 Å². The van der Waals surface area contributed by atoms with E-state index >= 15 is 0 Å². The molecule has 1 saturated heterocycles. The smallest absolute Gasteiger partial charge is 0.285 e. The summed E-state index contributed by atoms with van der Waals surface area (Å²) >= 11 is 0. The van der Waals surface area contributed by atoms with E-state index in [1.165, 1.54) is 0 Å². The SMILES string of the molecule is O=C(NCc1ccc2c(c1)OCO2)C1CCN(C2=NS(=O)(=O)c3ccccc32)CC1. The molecule has 8 nitrogen and oxygen atoms in total. The van der Waals surface area contributed by atoms with Crippen molar-refractivity contribution in [2.45, 2.75) is 24.3 Å². The third-order valence-corrected chi connectivity index (χ3v) is 7.01. The van der Waals surface area contributed by atoms with Crippen LogP contribution in [-0.4, -0.2) is 44.9 Å². The lowest BCUT2D eigenvalue weighted by molar-refractivity contribution is -0.126. The predicted molar refractivity (Wildman–Crippen MR) is 109 cm³/mol. The van der Waals surface area contributed by atoms with Gasteiger partial charge < -0.3 is 19.7 Å². The average Bonchev–Trinajstić information content (AvgIpc) is 3.34. The molecule has 30 heavy (non-hydrogen) atoms. The van der Waals surface area contributed by atoms with Crippen LogP contribution in [0.3, 0.4) is 0 Å². The second-order valence-electron chi connectivity index (χ2n) is 7.55. The zero-order valence-corrected chi connectivity index (χ0v) is 17.0. The number of nitrogens with one attached hydrogen (secondary N) is 1. The fourth-order valence-electron chi connectivity index (χ4n) is 4.05. The molecule has 0 bridgehead atoms. The number of likely N-dealkylation sites (tertiary alicyclic amines) is 1. The molecule has 0 unspecified atom stereocenters. The van der Waals surface area contributed by atoms with Crippen LogP contribution in [0.15, 0.2) is 51.8 Å². The summed E-state index contributed by atoms with van der Waals surface area (Å²) in [7, 11) is -3.63. The van der Waals surface area contributed by atoms with E-state index < -0.39 is 10.0 Å². The van der Waals surface area contributed by atoms with Crippen LogP contribution in [0, 0.1) is 5.92 Å². The van der Waals surface area contributed by atoms with Crippen molar-refractivity contribution < 1.29 is 22.7 Å². The second-order valence-corrected chi connectivity index (χ2v) is 9.13. The number of carbonyl (C=O) groups excluding carboxylic acids is 1. The van der Waals surface area contributed by atoms with Crippen molar-refractivity contribution in [1.29, 1.82) is 0 Å². The molecule has 1 fully saturated rings. The molecule has 0 radical (unpaired) electrons. The highest BCUT2D eigenvalue weighted by Gasteiger charge is 2.34. The van der Waals surface area contributed by atoms with Crippen LogP contribution < -0.4 is 14.8 Å². The van der Waals surface area contributed by atoms with Gasteiger partial charge in [-0.2, -0.15) is 8.42 Å².